The van der Waals surface area contributed by atoms with Gasteiger partial charge >= 0.3 is 0 Å². The Balaban J connectivity index is 0.00000200. The number of aliphatic hydroxyl groups is 1. The fourth-order valence-corrected chi connectivity index (χ4v) is 2.45. The second-order valence-corrected chi connectivity index (χ2v) is 5.31. The van der Waals surface area contributed by atoms with Gasteiger partial charge in [0, 0.05) is 17.1 Å². The highest BCUT2D eigenvalue weighted by Gasteiger charge is 2.27. The number of amides is 1. The molecule has 0 bridgehead atoms. The van der Waals surface area contributed by atoms with Gasteiger partial charge in [0.2, 0.25) is 5.91 Å². The van der Waals surface area contributed by atoms with Crippen LogP contribution >= 0.6 is 24.2 Å². The van der Waals surface area contributed by atoms with Crippen molar-refractivity contribution in [3.8, 4) is 0 Å². The van der Waals surface area contributed by atoms with Gasteiger partial charge in [0.1, 0.15) is 0 Å². The quantitative estimate of drug-likeness (QED) is 0.742. The Morgan fingerprint density at radius 1 is 1.50 bits per heavy atom. The molecule has 1 aromatic carbocycles. The summed E-state index contributed by atoms with van der Waals surface area (Å²) in [5.41, 5.74) is 0.471. The Morgan fingerprint density at radius 3 is 2.85 bits per heavy atom. The summed E-state index contributed by atoms with van der Waals surface area (Å²) in [6, 6.07) is 5.86. The first-order chi connectivity index (χ1) is 9.04. The summed E-state index contributed by atoms with van der Waals surface area (Å²) in [5.74, 6) is -2.76. The van der Waals surface area contributed by atoms with Gasteiger partial charge in [-0.05, 0) is 24.6 Å². The van der Waals surface area contributed by atoms with Crippen molar-refractivity contribution in [3.63, 3.8) is 0 Å². The lowest BCUT2D eigenvalue weighted by Gasteiger charge is -2.11. The molecule has 8 heteroatoms. The van der Waals surface area contributed by atoms with Crippen molar-refractivity contribution in [2.75, 3.05) is 11.9 Å². The lowest BCUT2D eigenvalue weighted by atomic mass is 10.2. The molecule has 1 saturated heterocycles. The third-order valence-electron chi connectivity index (χ3n) is 2.75. The van der Waals surface area contributed by atoms with E-state index in [0.717, 1.165) is 0 Å². The number of alkyl halides is 2. The summed E-state index contributed by atoms with van der Waals surface area (Å²) in [4.78, 5) is 12.2. The van der Waals surface area contributed by atoms with Gasteiger partial charge in [0.05, 0.1) is 12.1 Å². The molecule has 0 spiro atoms. The number of anilines is 1. The first-order valence-electron chi connectivity index (χ1n) is 5.82. The number of thioether (sulfide) groups is 1. The minimum Gasteiger partial charge on any atom is -0.392 e. The molecule has 0 radical (unpaired) electrons. The largest absolute Gasteiger partial charge is 0.392 e. The van der Waals surface area contributed by atoms with Crippen LogP contribution in [-0.2, 0) is 4.79 Å². The second-order valence-electron chi connectivity index (χ2n) is 4.25. The number of carbonyl (C=O) groups excluding carboxylic acids is 1. The van der Waals surface area contributed by atoms with Crippen molar-refractivity contribution < 1.29 is 18.7 Å². The molecule has 2 rings (SSSR count). The van der Waals surface area contributed by atoms with Gasteiger partial charge in [-0.1, -0.05) is 17.8 Å². The molecular formula is C12H15ClF2N2O2S. The smallest absolute Gasteiger partial charge is 0.288 e. The molecule has 1 fully saturated rings. The topological polar surface area (TPSA) is 61.4 Å². The van der Waals surface area contributed by atoms with Crippen molar-refractivity contribution in [2.45, 2.75) is 29.2 Å². The number of carbonyl (C=O) groups is 1. The minimum absolute atomic E-state index is 0. The summed E-state index contributed by atoms with van der Waals surface area (Å²) >= 11 is 0.432. The fourth-order valence-electron chi connectivity index (χ4n) is 1.90. The van der Waals surface area contributed by atoms with E-state index in [1.807, 2.05) is 0 Å². The van der Waals surface area contributed by atoms with Crippen molar-refractivity contribution in [1.29, 1.82) is 0 Å². The lowest BCUT2D eigenvalue weighted by molar-refractivity contribution is -0.117. The van der Waals surface area contributed by atoms with Crippen LogP contribution in [0.2, 0.25) is 0 Å². The van der Waals surface area contributed by atoms with Crippen LogP contribution in [0.1, 0.15) is 6.42 Å². The van der Waals surface area contributed by atoms with Crippen molar-refractivity contribution >= 4 is 35.8 Å². The van der Waals surface area contributed by atoms with E-state index in [-0.39, 0.29) is 18.3 Å². The Labute approximate surface area is 125 Å². The van der Waals surface area contributed by atoms with Gasteiger partial charge in [0.25, 0.3) is 5.76 Å². The normalized spacial score (nSPS) is 21.6. The Bertz CT molecular complexity index is 465. The first kappa shape index (κ1) is 17.2. The van der Waals surface area contributed by atoms with Crippen LogP contribution in [0.15, 0.2) is 29.2 Å². The van der Waals surface area contributed by atoms with Crippen molar-refractivity contribution in [1.82, 2.24) is 5.32 Å². The highest BCUT2D eigenvalue weighted by Crippen LogP contribution is 2.27. The van der Waals surface area contributed by atoms with E-state index in [0.29, 0.717) is 35.3 Å². The summed E-state index contributed by atoms with van der Waals surface area (Å²) in [5, 5.41) is 14.9. The first-order valence-corrected chi connectivity index (χ1v) is 6.70. The molecule has 2 unspecified atom stereocenters. The number of rotatable bonds is 4. The number of hydrogen-bond acceptors (Lipinski definition) is 4. The van der Waals surface area contributed by atoms with Gasteiger partial charge in [0.15, 0.2) is 0 Å². The van der Waals surface area contributed by atoms with Crippen LogP contribution < -0.4 is 10.6 Å². The number of nitrogens with one attached hydrogen (secondary N) is 2. The highest BCUT2D eigenvalue weighted by molar-refractivity contribution is 7.99. The Hall–Kier alpha value is -0.890. The van der Waals surface area contributed by atoms with E-state index >= 15 is 0 Å². The van der Waals surface area contributed by atoms with E-state index in [2.05, 4.69) is 10.6 Å². The highest BCUT2D eigenvalue weighted by atomic mass is 35.5. The molecule has 112 valence electrons. The molecule has 2 atom stereocenters. The average Bonchev–Trinajstić information content (AvgIpc) is 2.75. The molecule has 1 amide bonds. The standard InChI is InChI=1S/C12H14F2N2O2S.ClH/c13-12(14)19-9-3-1-2-7(4-9)16-11(18)10-5-8(17)6-15-10;/h1-4,8,10,12,15,17H,5-6H2,(H,16,18);1H. The maximum absolute atomic E-state index is 12.2. The van der Waals surface area contributed by atoms with E-state index in [1.165, 1.54) is 6.07 Å². The molecule has 1 aromatic rings. The van der Waals surface area contributed by atoms with Crippen molar-refractivity contribution in [2.24, 2.45) is 0 Å². The SMILES string of the molecule is Cl.O=C(Nc1cccc(SC(F)F)c1)C1CC(O)CN1. The number of hydrogen-bond donors (Lipinski definition) is 3. The molecule has 4 nitrogen and oxygen atoms in total. The maximum atomic E-state index is 12.2. The monoisotopic (exact) mass is 324 g/mol. The summed E-state index contributed by atoms with van der Waals surface area (Å²) in [6.07, 6.45) is -0.159. The van der Waals surface area contributed by atoms with Gasteiger partial charge in [-0.3, -0.25) is 4.79 Å². The van der Waals surface area contributed by atoms with E-state index in [1.54, 1.807) is 18.2 Å². The zero-order valence-electron chi connectivity index (χ0n) is 10.4. The summed E-state index contributed by atoms with van der Waals surface area (Å²) in [7, 11) is 0. The maximum Gasteiger partial charge on any atom is 0.288 e. The predicted octanol–water partition coefficient (Wildman–Crippen LogP) is 2.08. The molecule has 1 aliphatic rings. The van der Waals surface area contributed by atoms with E-state index < -0.39 is 17.9 Å². The number of aliphatic hydroxyl groups excluding tert-OH is 1. The van der Waals surface area contributed by atoms with Crippen LogP contribution in [0.5, 0.6) is 0 Å². The van der Waals surface area contributed by atoms with Gasteiger partial charge in [-0.15, -0.1) is 12.4 Å². The lowest BCUT2D eigenvalue weighted by Crippen LogP contribution is -2.35. The minimum atomic E-state index is -2.49. The number of benzene rings is 1. The Kier molecular flexibility index (Phi) is 6.67. The van der Waals surface area contributed by atoms with Crippen LogP contribution in [0.25, 0.3) is 0 Å². The average molecular weight is 325 g/mol. The molecule has 0 aromatic heterocycles. The summed E-state index contributed by atoms with van der Waals surface area (Å²) < 4.78 is 24.5. The molecule has 3 N–H and O–H groups in total. The number of halogens is 3. The molecule has 20 heavy (non-hydrogen) atoms. The summed E-state index contributed by atoms with van der Waals surface area (Å²) in [6.45, 7) is 0.388. The van der Waals surface area contributed by atoms with Crippen molar-refractivity contribution in [3.05, 3.63) is 24.3 Å². The molecule has 0 aliphatic carbocycles. The molecule has 1 heterocycles. The van der Waals surface area contributed by atoms with Crippen LogP contribution in [0.3, 0.4) is 0 Å². The van der Waals surface area contributed by atoms with Crippen LogP contribution in [0.4, 0.5) is 14.5 Å². The predicted molar refractivity (Wildman–Crippen MR) is 76.6 cm³/mol. The van der Waals surface area contributed by atoms with Gasteiger partial charge in [-0.25, -0.2) is 0 Å². The number of β-amino-alcohol motifs (C(OH)–C–C–N with tert-alkyl or cyclic N) is 1. The molecule has 0 saturated carbocycles. The molecule has 1 aliphatic heterocycles. The zero-order valence-corrected chi connectivity index (χ0v) is 12.0. The third kappa shape index (κ3) is 4.90. The van der Waals surface area contributed by atoms with Gasteiger partial charge in [-0.2, -0.15) is 8.78 Å². The molecular weight excluding hydrogens is 310 g/mol. The fraction of sp³-hybridized carbons (Fsp3) is 0.417. The van der Waals surface area contributed by atoms with E-state index in [4.69, 9.17) is 0 Å². The van der Waals surface area contributed by atoms with Crippen LogP contribution in [-0.4, -0.2) is 35.5 Å². The van der Waals surface area contributed by atoms with Gasteiger partial charge < -0.3 is 15.7 Å². The van der Waals surface area contributed by atoms with Crippen LogP contribution in [0, 0.1) is 0 Å². The third-order valence-corrected chi connectivity index (χ3v) is 3.46. The second kappa shape index (κ2) is 7.78. The Morgan fingerprint density at radius 2 is 2.25 bits per heavy atom. The zero-order chi connectivity index (χ0) is 13.8. The van der Waals surface area contributed by atoms with E-state index in [9.17, 15) is 18.7 Å².